The Labute approximate surface area is 97.8 Å². The molecule has 0 heterocycles. The summed E-state index contributed by atoms with van der Waals surface area (Å²) in [6.07, 6.45) is 9.38. The van der Waals surface area contributed by atoms with E-state index in [4.69, 9.17) is 0 Å². The topological polar surface area (TPSA) is 0 Å². The molecule has 2 atom stereocenters. The van der Waals surface area contributed by atoms with Crippen molar-refractivity contribution in [1.82, 2.24) is 0 Å². The second-order valence-corrected chi connectivity index (χ2v) is 5.24. The lowest BCUT2D eigenvalue weighted by molar-refractivity contribution is 0.209. The molecule has 1 radical (unpaired) electrons. The Kier molecular flexibility index (Phi) is 9.24. The normalized spacial score (nSPS) is 15.6. The molecule has 0 fully saturated rings. The minimum absolute atomic E-state index is 0.833. The highest BCUT2D eigenvalue weighted by molar-refractivity contribution is 4.73. The summed E-state index contributed by atoms with van der Waals surface area (Å²) in [6.45, 7) is 13.4. The summed E-state index contributed by atoms with van der Waals surface area (Å²) in [4.78, 5) is 0. The van der Waals surface area contributed by atoms with Crippen LogP contribution in [-0.2, 0) is 0 Å². The number of unbranched alkanes of at least 4 members (excludes halogenated alkanes) is 1. The maximum atomic E-state index is 4.03. The summed E-state index contributed by atoms with van der Waals surface area (Å²) in [5, 5.41) is 0. The molecule has 0 N–H and O–H groups in total. The van der Waals surface area contributed by atoms with Crippen LogP contribution in [0.15, 0.2) is 0 Å². The summed E-state index contributed by atoms with van der Waals surface area (Å²) in [6, 6.07) is 0. The smallest absolute Gasteiger partial charge is 0.0363 e. The average molecular weight is 211 g/mol. The molecule has 0 spiro atoms. The van der Waals surface area contributed by atoms with E-state index in [0.717, 1.165) is 24.2 Å². The lowest BCUT2D eigenvalue weighted by Gasteiger charge is -2.30. The molecule has 15 heavy (non-hydrogen) atoms. The Hall–Kier alpha value is 0. The van der Waals surface area contributed by atoms with Gasteiger partial charge in [0.2, 0.25) is 0 Å². The van der Waals surface area contributed by atoms with Crippen molar-refractivity contribution in [2.75, 3.05) is 0 Å². The molecule has 0 aromatic carbocycles. The maximum absolute atomic E-state index is 4.03. The second-order valence-electron chi connectivity index (χ2n) is 5.24. The molecular formula is C15H31. The molecule has 0 amide bonds. The fourth-order valence-corrected chi connectivity index (χ4v) is 2.76. The minimum atomic E-state index is 0.833. The third kappa shape index (κ3) is 6.22. The van der Waals surface area contributed by atoms with Crippen LogP contribution in [0.2, 0.25) is 0 Å². The highest BCUT2D eigenvalue weighted by Crippen LogP contribution is 2.32. The minimum Gasteiger partial charge on any atom is -0.0654 e. The van der Waals surface area contributed by atoms with Gasteiger partial charge in [0.1, 0.15) is 0 Å². The Morgan fingerprint density at radius 2 is 1.60 bits per heavy atom. The van der Waals surface area contributed by atoms with E-state index in [2.05, 4.69) is 34.6 Å². The van der Waals surface area contributed by atoms with Crippen LogP contribution < -0.4 is 0 Å². The average Bonchev–Trinajstić information content (AvgIpc) is 2.21. The van der Waals surface area contributed by atoms with Gasteiger partial charge in [0, 0.05) is 0 Å². The van der Waals surface area contributed by atoms with Gasteiger partial charge in [0.25, 0.3) is 0 Å². The molecule has 0 bridgehead atoms. The van der Waals surface area contributed by atoms with Gasteiger partial charge in [-0.25, -0.2) is 0 Å². The van der Waals surface area contributed by atoms with Crippen LogP contribution in [0.3, 0.4) is 0 Å². The molecule has 0 nitrogen and oxygen atoms in total. The molecule has 0 rings (SSSR count). The largest absolute Gasteiger partial charge is 0.0654 e. The molecule has 0 aliphatic heterocycles. The number of rotatable bonds is 9. The Morgan fingerprint density at radius 3 is 2.00 bits per heavy atom. The van der Waals surface area contributed by atoms with Crippen LogP contribution >= 0.6 is 0 Å². The number of hydrogen-bond acceptors (Lipinski definition) is 0. The van der Waals surface area contributed by atoms with Gasteiger partial charge < -0.3 is 0 Å². The van der Waals surface area contributed by atoms with Crippen LogP contribution in [0.5, 0.6) is 0 Å². The van der Waals surface area contributed by atoms with Gasteiger partial charge in [-0.1, -0.05) is 73.1 Å². The lowest BCUT2D eigenvalue weighted by Crippen LogP contribution is -2.20. The molecule has 0 heteroatoms. The highest BCUT2D eigenvalue weighted by atomic mass is 14.3. The lowest BCUT2D eigenvalue weighted by atomic mass is 9.76. The van der Waals surface area contributed by atoms with Gasteiger partial charge in [0.05, 0.1) is 0 Å². The van der Waals surface area contributed by atoms with E-state index in [1.807, 2.05) is 0 Å². The van der Waals surface area contributed by atoms with Crippen molar-refractivity contribution >= 4 is 0 Å². The fourth-order valence-electron chi connectivity index (χ4n) is 2.76. The van der Waals surface area contributed by atoms with Crippen molar-refractivity contribution in [1.29, 1.82) is 0 Å². The Bertz CT molecular complexity index is 126. The van der Waals surface area contributed by atoms with E-state index in [1.165, 1.54) is 38.5 Å². The predicted octanol–water partition coefficient (Wildman–Crippen LogP) is 5.48. The Morgan fingerprint density at radius 1 is 0.933 bits per heavy atom. The first-order chi connectivity index (χ1) is 7.17. The molecule has 0 aliphatic carbocycles. The molecule has 91 valence electrons. The van der Waals surface area contributed by atoms with Gasteiger partial charge in [0.15, 0.2) is 0 Å². The zero-order valence-corrected chi connectivity index (χ0v) is 11.4. The van der Waals surface area contributed by atoms with Crippen molar-refractivity contribution in [2.24, 2.45) is 17.8 Å². The first-order valence-corrected chi connectivity index (χ1v) is 6.96. The summed E-state index contributed by atoms with van der Waals surface area (Å²) in [5.74, 6) is 2.70. The van der Waals surface area contributed by atoms with Crippen molar-refractivity contribution < 1.29 is 0 Å². The first-order valence-electron chi connectivity index (χ1n) is 6.96. The third-order valence-corrected chi connectivity index (χ3v) is 3.59. The summed E-state index contributed by atoms with van der Waals surface area (Å²) in [7, 11) is 0. The zero-order chi connectivity index (χ0) is 11.7. The second kappa shape index (κ2) is 9.24. The molecular weight excluding hydrogens is 180 g/mol. The van der Waals surface area contributed by atoms with Crippen LogP contribution in [0.1, 0.15) is 72.6 Å². The predicted molar refractivity (Wildman–Crippen MR) is 70.8 cm³/mol. The van der Waals surface area contributed by atoms with Crippen molar-refractivity contribution in [3.63, 3.8) is 0 Å². The van der Waals surface area contributed by atoms with Gasteiger partial charge in [-0.15, -0.1) is 0 Å². The molecule has 0 saturated carbocycles. The molecule has 0 aliphatic rings. The molecule has 0 aromatic rings. The van der Waals surface area contributed by atoms with Crippen LogP contribution in [0.4, 0.5) is 0 Å². The fraction of sp³-hybridized carbons (Fsp3) is 0.933. The molecule has 2 unspecified atom stereocenters. The van der Waals surface area contributed by atoms with E-state index in [9.17, 15) is 0 Å². The number of hydrogen-bond donors (Lipinski definition) is 0. The van der Waals surface area contributed by atoms with Crippen molar-refractivity contribution in [2.45, 2.75) is 72.6 Å². The van der Waals surface area contributed by atoms with E-state index >= 15 is 0 Å². The van der Waals surface area contributed by atoms with Crippen molar-refractivity contribution in [3.8, 4) is 0 Å². The monoisotopic (exact) mass is 211 g/mol. The summed E-state index contributed by atoms with van der Waals surface area (Å²) >= 11 is 0. The third-order valence-electron chi connectivity index (χ3n) is 3.59. The first kappa shape index (κ1) is 15.0. The zero-order valence-electron chi connectivity index (χ0n) is 11.4. The van der Waals surface area contributed by atoms with Gasteiger partial charge in [-0.3, -0.25) is 0 Å². The summed E-state index contributed by atoms with van der Waals surface area (Å²) in [5.41, 5.74) is 0. The van der Waals surface area contributed by atoms with Crippen molar-refractivity contribution in [3.05, 3.63) is 6.92 Å². The van der Waals surface area contributed by atoms with Crippen LogP contribution in [0, 0.1) is 24.7 Å². The Balaban J connectivity index is 4.23. The van der Waals surface area contributed by atoms with Gasteiger partial charge >= 0.3 is 0 Å². The van der Waals surface area contributed by atoms with Crippen LogP contribution in [0.25, 0.3) is 0 Å². The van der Waals surface area contributed by atoms with Gasteiger partial charge in [-0.05, 0) is 24.2 Å². The van der Waals surface area contributed by atoms with E-state index in [0.29, 0.717) is 0 Å². The standard InChI is InChI=1S/C15H31/c1-6-9-12-14(10-7-2)15(11-8-3)13(4)5/h13-15H,3,6-12H2,1-2,4-5H3. The molecule has 0 aromatic heterocycles. The SMILES string of the molecule is [CH2]CCC(C(C)C)C(CCC)CCCC. The quantitative estimate of drug-likeness (QED) is 0.474. The summed E-state index contributed by atoms with van der Waals surface area (Å²) < 4.78 is 0. The van der Waals surface area contributed by atoms with Crippen LogP contribution in [-0.4, -0.2) is 0 Å². The van der Waals surface area contributed by atoms with E-state index in [1.54, 1.807) is 0 Å². The molecule has 0 saturated heterocycles. The maximum Gasteiger partial charge on any atom is -0.0363 e. The highest BCUT2D eigenvalue weighted by Gasteiger charge is 2.22. The van der Waals surface area contributed by atoms with E-state index in [-0.39, 0.29) is 0 Å². The van der Waals surface area contributed by atoms with E-state index < -0.39 is 0 Å². The van der Waals surface area contributed by atoms with Gasteiger partial charge in [-0.2, -0.15) is 0 Å².